The first-order chi connectivity index (χ1) is 15.0. The van der Waals surface area contributed by atoms with Gasteiger partial charge in [-0.05, 0) is 42.5 Å². The van der Waals surface area contributed by atoms with Crippen LogP contribution in [0.5, 0.6) is 0 Å². The van der Waals surface area contributed by atoms with Crippen LogP contribution in [-0.2, 0) is 0 Å². The van der Waals surface area contributed by atoms with Crippen molar-refractivity contribution in [3.8, 4) is 28.5 Å². The first-order valence-electron chi connectivity index (χ1n) is 9.21. The van der Waals surface area contributed by atoms with Gasteiger partial charge < -0.3 is 4.52 Å². The summed E-state index contributed by atoms with van der Waals surface area (Å²) in [7, 11) is 0. The summed E-state index contributed by atoms with van der Waals surface area (Å²) in [5, 5.41) is 4.92. The largest absolute Gasteiger partial charge is 0.334 e. The number of nitrogens with zero attached hydrogens (tertiary/aromatic N) is 3. The standard InChI is InChI=1S/C23H12ClF2N3O2/c24-19-9-8-13(10-20(19)26)21-27-22(31-28-21)18-12-29(15-5-3-4-14(25)11-15)23(30)17-7-2-1-6-16(17)18/h1-12H. The second kappa shape index (κ2) is 7.45. The third-order valence-corrected chi connectivity index (χ3v) is 5.15. The Balaban J connectivity index is 1.72. The van der Waals surface area contributed by atoms with E-state index in [0.717, 1.165) is 0 Å². The summed E-state index contributed by atoms with van der Waals surface area (Å²) in [5.41, 5.74) is 0.910. The summed E-state index contributed by atoms with van der Waals surface area (Å²) in [6.45, 7) is 0. The van der Waals surface area contributed by atoms with Crippen LogP contribution >= 0.6 is 11.6 Å². The number of aromatic nitrogens is 3. The Labute approximate surface area is 179 Å². The van der Waals surface area contributed by atoms with Gasteiger partial charge in [-0.15, -0.1) is 0 Å². The lowest BCUT2D eigenvalue weighted by atomic mass is 10.1. The first-order valence-corrected chi connectivity index (χ1v) is 9.59. The van der Waals surface area contributed by atoms with Gasteiger partial charge >= 0.3 is 0 Å². The molecule has 0 saturated carbocycles. The summed E-state index contributed by atoms with van der Waals surface area (Å²) in [6, 6.07) is 16.8. The minimum absolute atomic E-state index is 0.0133. The van der Waals surface area contributed by atoms with Crippen LogP contribution in [0.25, 0.3) is 39.3 Å². The molecule has 8 heteroatoms. The fraction of sp³-hybridized carbons (Fsp3) is 0. The molecule has 0 atom stereocenters. The van der Waals surface area contributed by atoms with Crippen molar-refractivity contribution in [3.05, 3.63) is 99.9 Å². The molecule has 5 rings (SSSR count). The van der Waals surface area contributed by atoms with Crippen molar-refractivity contribution < 1.29 is 13.3 Å². The molecule has 3 aromatic carbocycles. The van der Waals surface area contributed by atoms with Crippen LogP contribution in [0.15, 0.2) is 82.2 Å². The normalized spacial score (nSPS) is 11.2. The fourth-order valence-corrected chi connectivity index (χ4v) is 3.48. The predicted octanol–water partition coefficient (Wildman–Crippen LogP) is 5.64. The van der Waals surface area contributed by atoms with Gasteiger partial charge in [0, 0.05) is 22.5 Å². The van der Waals surface area contributed by atoms with Crippen molar-refractivity contribution in [2.75, 3.05) is 0 Å². The molecule has 0 aliphatic carbocycles. The number of halogens is 3. The van der Waals surface area contributed by atoms with Gasteiger partial charge in [-0.1, -0.05) is 41.0 Å². The van der Waals surface area contributed by atoms with Gasteiger partial charge in [-0.3, -0.25) is 9.36 Å². The Kier molecular flexibility index (Phi) is 4.60. The summed E-state index contributed by atoms with van der Waals surface area (Å²) in [4.78, 5) is 17.4. The van der Waals surface area contributed by atoms with Gasteiger partial charge in [0.05, 0.1) is 16.3 Å². The van der Waals surface area contributed by atoms with Gasteiger partial charge in [0.1, 0.15) is 11.6 Å². The van der Waals surface area contributed by atoms with Gasteiger partial charge in [-0.2, -0.15) is 4.98 Å². The Morgan fingerprint density at radius 1 is 0.935 bits per heavy atom. The van der Waals surface area contributed by atoms with Crippen molar-refractivity contribution in [1.82, 2.24) is 14.7 Å². The van der Waals surface area contributed by atoms with Crippen LogP contribution < -0.4 is 5.56 Å². The molecule has 0 saturated heterocycles. The number of benzene rings is 3. The average Bonchev–Trinajstić information content (AvgIpc) is 3.26. The fourth-order valence-electron chi connectivity index (χ4n) is 3.37. The number of pyridine rings is 1. The van der Waals surface area contributed by atoms with E-state index in [9.17, 15) is 13.6 Å². The lowest BCUT2D eigenvalue weighted by Crippen LogP contribution is -2.18. The van der Waals surface area contributed by atoms with E-state index in [1.54, 1.807) is 36.4 Å². The van der Waals surface area contributed by atoms with E-state index in [2.05, 4.69) is 10.1 Å². The molecule has 0 fully saturated rings. The zero-order valence-corrected chi connectivity index (χ0v) is 16.5. The van der Waals surface area contributed by atoms with Crippen molar-refractivity contribution in [2.24, 2.45) is 0 Å². The number of hydrogen-bond acceptors (Lipinski definition) is 4. The summed E-state index contributed by atoms with van der Waals surface area (Å²) in [6.07, 6.45) is 1.53. The third-order valence-electron chi connectivity index (χ3n) is 4.85. The Morgan fingerprint density at radius 3 is 2.52 bits per heavy atom. The monoisotopic (exact) mass is 435 g/mol. The highest BCUT2D eigenvalue weighted by molar-refractivity contribution is 6.30. The van der Waals surface area contributed by atoms with Crippen molar-refractivity contribution in [3.63, 3.8) is 0 Å². The number of rotatable bonds is 3. The highest BCUT2D eigenvalue weighted by Gasteiger charge is 2.18. The molecule has 0 radical (unpaired) electrons. The van der Waals surface area contributed by atoms with Crippen LogP contribution in [0.3, 0.4) is 0 Å². The topological polar surface area (TPSA) is 60.9 Å². The third kappa shape index (κ3) is 3.39. The van der Waals surface area contributed by atoms with E-state index in [0.29, 0.717) is 27.6 Å². The lowest BCUT2D eigenvalue weighted by molar-refractivity contribution is 0.432. The summed E-state index contributed by atoms with van der Waals surface area (Å²) in [5.74, 6) is -0.774. The first kappa shape index (κ1) is 19.1. The van der Waals surface area contributed by atoms with Gasteiger partial charge in [-0.25, -0.2) is 8.78 Å². The molecule has 31 heavy (non-hydrogen) atoms. The second-order valence-electron chi connectivity index (χ2n) is 6.80. The smallest absolute Gasteiger partial charge is 0.262 e. The zero-order valence-electron chi connectivity index (χ0n) is 15.7. The van der Waals surface area contributed by atoms with Gasteiger partial charge in [0.15, 0.2) is 0 Å². The highest BCUT2D eigenvalue weighted by atomic mass is 35.5. The number of fused-ring (bicyclic) bond motifs is 1. The predicted molar refractivity (Wildman–Crippen MR) is 113 cm³/mol. The molecule has 152 valence electrons. The molecule has 0 unspecified atom stereocenters. The van der Waals surface area contributed by atoms with Crippen LogP contribution in [0.1, 0.15) is 0 Å². The number of hydrogen-bond donors (Lipinski definition) is 0. The molecule has 0 aliphatic rings. The Hall–Kier alpha value is -3.84. The minimum Gasteiger partial charge on any atom is -0.334 e. The van der Waals surface area contributed by atoms with Crippen molar-refractivity contribution >= 4 is 22.4 Å². The van der Waals surface area contributed by atoms with E-state index < -0.39 is 11.6 Å². The van der Waals surface area contributed by atoms with Gasteiger partial charge in [0.2, 0.25) is 5.82 Å². The van der Waals surface area contributed by atoms with E-state index in [-0.39, 0.29) is 22.3 Å². The molecule has 0 aliphatic heterocycles. The lowest BCUT2D eigenvalue weighted by Gasteiger charge is -2.10. The molecule has 5 nitrogen and oxygen atoms in total. The maximum absolute atomic E-state index is 13.8. The van der Waals surface area contributed by atoms with Crippen LogP contribution in [0.2, 0.25) is 5.02 Å². The minimum atomic E-state index is -0.601. The SMILES string of the molecule is O=c1c2ccccc2c(-c2nc(-c3ccc(Cl)c(F)c3)no2)cn1-c1cccc(F)c1. The Bertz CT molecular complexity index is 1510. The van der Waals surface area contributed by atoms with Crippen LogP contribution in [0, 0.1) is 11.6 Å². The maximum Gasteiger partial charge on any atom is 0.262 e. The second-order valence-corrected chi connectivity index (χ2v) is 7.20. The van der Waals surface area contributed by atoms with E-state index in [1.807, 2.05) is 0 Å². The molecule has 2 aromatic heterocycles. The zero-order chi connectivity index (χ0) is 21.5. The quantitative estimate of drug-likeness (QED) is 0.368. The maximum atomic E-state index is 13.8. The van der Waals surface area contributed by atoms with E-state index in [4.69, 9.17) is 16.1 Å². The Morgan fingerprint density at radius 2 is 1.74 bits per heavy atom. The van der Waals surface area contributed by atoms with E-state index in [1.165, 1.54) is 41.1 Å². The van der Waals surface area contributed by atoms with Crippen LogP contribution in [-0.4, -0.2) is 14.7 Å². The van der Waals surface area contributed by atoms with Crippen molar-refractivity contribution in [2.45, 2.75) is 0 Å². The molecular weight excluding hydrogens is 424 g/mol. The highest BCUT2D eigenvalue weighted by Crippen LogP contribution is 2.29. The average molecular weight is 436 g/mol. The van der Waals surface area contributed by atoms with Crippen LogP contribution in [0.4, 0.5) is 8.78 Å². The molecular formula is C23H12ClF2N3O2. The summed E-state index contributed by atoms with van der Waals surface area (Å²) >= 11 is 5.74. The molecule has 0 spiro atoms. The van der Waals surface area contributed by atoms with E-state index >= 15 is 0 Å². The molecule has 5 aromatic rings. The van der Waals surface area contributed by atoms with Crippen molar-refractivity contribution in [1.29, 1.82) is 0 Å². The molecule has 0 N–H and O–H groups in total. The molecule has 0 bridgehead atoms. The molecule has 0 amide bonds. The summed E-state index contributed by atoms with van der Waals surface area (Å²) < 4.78 is 34.4. The molecule has 2 heterocycles. The van der Waals surface area contributed by atoms with Gasteiger partial charge in [0.25, 0.3) is 11.4 Å².